The zero-order valence-corrected chi connectivity index (χ0v) is 11.1. The molecule has 100 valence electrons. The van der Waals surface area contributed by atoms with Gasteiger partial charge in [-0.25, -0.2) is 4.39 Å². The first-order valence-corrected chi connectivity index (χ1v) is 6.54. The Hall–Kier alpha value is -2.03. The van der Waals surface area contributed by atoms with Crippen LogP contribution in [0.25, 0.3) is 0 Å². The van der Waals surface area contributed by atoms with Crippen molar-refractivity contribution < 1.29 is 4.39 Å². The molecule has 0 saturated carbocycles. The minimum atomic E-state index is -0.202. The Balaban J connectivity index is 2.04. The Labute approximate surface area is 113 Å². The van der Waals surface area contributed by atoms with Gasteiger partial charge in [-0.05, 0) is 49.2 Å². The standard InChI is InChI=1S/C16H19FN2/c1-2-19(15-9-7-14(17)8-10-15)12-11-13-5-3-4-6-16(13)18/h3-10H,2,11-12,18H2,1H3. The van der Waals surface area contributed by atoms with Crippen LogP contribution in [0, 0.1) is 5.82 Å². The number of benzene rings is 2. The Kier molecular flexibility index (Phi) is 4.39. The third kappa shape index (κ3) is 3.47. The monoisotopic (exact) mass is 258 g/mol. The molecular weight excluding hydrogens is 239 g/mol. The van der Waals surface area contributed by atoms with Crippen molar-refractivity contribution in [1.82, 2.24) is 0 Å². The van der Waals surface area contributed by atoms with Crippen LogP contribution in [0.3, 0.4) is 0 Å². The van der Waals surface area contributed by atoms with Gasteiger partial charge in [0.2, 0.25) is 0 Å². The zero-order chi connectivity index (χ0) is 13.7. The molecule has 2 nitrogen and oxygen atoms in total. The van der Waals surface area contributed by atoms with Crippen molar-refractivity contribution in [2.45, 2.75) is 13.3 Å². The quantitative estimate of drug-likeness (QED) is 0.832. The molecule has 19 heavy (non-hydrogen) atoms. The van der Waals surface area contributed by atoms with Crippen LogP contribution in [0.1, 0.15) is 12.5 Å². The van der Waals surface area contributed by atoms with Crippen LogP contribution in [-0.4, -0.2) is 13.1 Å². The van der Waals surface area contributed by atoms with Crippen molar-refractivity contribution in [2.75, 3.05) is 23.7 Å². The highest BCUT2D eigenvalue weighted by Crippen LogP contribution is 2.17. The smallest absolute Gasteiger partial charge is 0.123 e. The van der Waals surface area contributed by atoms with E-state index in [1.165, 1.54) is 12.1 Å². The van der Waals surface area contributed by atoms with Gasteiger partial charge in [-0.3, -0.25) is 0 Å². The summed E-state index contributed by atoms with van der Waals surface area (Å²) in [6, 6.07) is 14.5. The van der Waals surface area contributed by atoms with Gasteiger partial charge in [-0.2, -0.15) is 0 Å². The van der Waals surface area contributed by atoms with Crippen LogP contribution >= 0.6 is 0 Å². The summed E-state index contributed by atoms with van der Waals surface area (Å²) in [6.45, 7) is 3.85. The lowest BCUT2D eigenvalue weighted by Gasteiger charge is -2.23. The third-order valence-electron chi connectivity index (χ3n) is 3.28. The Morgan fingerprint density at radius 2 is 1.74 bits per heavy atom. The second-order valence-corrected chi connectivity index (χ2v) is 4.50. The minimum Gasteiger partial charge on any atom is -0.399 e. The molecule has 0 bridgehead atoms. The predicted octanol–water partition coefficient (Wildman–Crippen LogP) is 3.48. The maximum Gasteiger partial charge on any atom is 0.123 e. The van der Waals surface area contributed by atoms with E-state index >= 15 is 0 Å². The lowest BCUT2D eigenvalue weighted by Crippen LogP contribution is -2.25. The van der Waals surface area contributed by atoms with Crippen LogP contribution in [0.2, 0.25) is 0 Å². The Morgan fingerprint density at radius 3 is 2.37 bits per heavy atom. The number of nitrogens with zero attached hydrogens (tertiary/aromatic N) is 1. The molecule has 0 radical (unpaired) electrons. The van der Waals surface area contributed by atoms with Crippen LogP contribution in [0.15, 0.2) is 48.5 Å². The Morgan fingerprint density at radius 1 is 1.05 bits per heavy atom. The maximum absolute atomic E-state index is 12.9. The van der Waals surface area contributed by atoms with Crippen molar-refractivity contribution in [3.63, 3.8) is 0 Å². The van der Waals surface area contributed by atoms with Crippen molar-refractivity contribution in [3.8, 4) is 0 Å². The SMILES string of the molecule is CCN(CCc1ccccc1N)c1ccc(F)cc1. The molecule has 0 unspecified atom stereocenters. The number of likely N-dealkylation sites (N-methyl/N-ethyl adjacent to an activating group) is 1. The lowest BCUT2D eigenvalue weighted by molar-refractivity contribution is 0.627. The van der Waals surface area contributed by atoms with E-state index in [9.17, 15) is 4.39 Å². The van der Waals surface area contributed by atoms with Crippen molar-refractivity contribution in [3.05, 3.63) is 59.9 Å². The van der Waals surface area contributed by atoms with Crippen LogP contribution in [0.4, 0.5) is 15.8 Å². The highest BCUT2D eigenvalue weighted by atomic mass is 19.1. The highest BCUT2D eigenvalue weighted by Gasteiger charge is 2.06. The summed E-state index contributed by atoms with van der Waals surface area (Å²) in [7, 11) is 0. The first-order chi connectivity index (χ1) is 9.20. The molecule has 0 spiro atoms. The first kappa shape index (κ1) is 13.4. The fourth-order valence-corrected chi connectivity index (χ4v) is 2.14. The van der Waals surface area contributed by atoms with Gasteiger partial charge in [-0.15, -0.1) is 0 Å². The van der Waals surface area contributed by atoms with Gasteiger partial charge in [0.05, 0.1) is 0 Å². The van der Waals surface area contributed by atoms with Gasteiger partial charge in [-0.1, -0.05) is 18.2 Å². The summed E-state index contributed by atoms with van der Waals surface area (Å²) in [5.74, 6) is -0.202. The molecule has 0 fully saturated rings. The summed E-state index contributed by atoms with van der Waals surface area (Å²) in [5, 5.41) is 0. The summed E-state index contributed by atoms with van der Waals surface area (Å²) in [6.07, 6.45) is 0.887. The van der Waals surface area contributed by atoms with Crippen molar-refractivity contribution in [1.29, 1.82) is 0 Å². The summed E-state index contributed by atoms with van der Waals surface area (Å²) in [4.78, 5) is 2.21. The number of para-hydroxylation sites is 1. The van der Waals surface area contributed by atoms with E-state index in [1.54, 1.807) is 0 Å². The van der Waals surface area contributed by atoms with Crippen LogP contribution in [0.5, 0.6) is 0 Å². The van der Waals surface area contributed by atoms with E-state index in [-0.39, 0.29) is 5.82 Å². The summed E-state index contributed by atoms with van der Waals surface area (Å²) >= 11 is 0. The van der Waals surface area contributed by atoms with Gasteiger partial charge < -0.3 is 10.6 Å². The average molecular weight is 258 g/mol. The van der Waals surface area contributed by atoms with Crippen LogP contribution in [-0.2, 0) is 6.42 Å². The molecule has 0 heterocycles. The molecule has 3 heteroatoms. The van der Waals surface area contributed by atoms with E-state index in [2.05, 4.69) is 11.8 Å². The lowest BCUT2D eigenvalue weighted by atomic mass is 10.1. The molecule has 2 N–H and O–H groups in total. The molecule has 2 aromatic carbocycles. The normalized spacial score (nSPS) is 10.4. The zero-order valence-electron chi connectivity index (χ0n) is 11.1. The minimum absolute atomic E-state index is 0.202. The molecule has 0 aliphatic rings. The number of anilines is 2. The number of halogens is 1. The first-order valence-electron chi connectivity index (χ1n) is 6.54. The topological polar surface area (TPSA) is 29.3 Å². The second kappa shape index (κ2) is 6.23. The number of rotatable bonds is 5. The van der Waals surface area contributed by atoms with E-state index < -0.39 is 0 Å². The van der Waals surface area contributed by atoms with Crippen molar-refractivity contribution >= 4 is 11.4 Å². The predicted molar refractivity (Wildman–Crippen MR) is 78.8 cm³/mol. The molecule has 0 aliphatic carbocycles. The molecule has 0 atom stereocenters. The molecule has 0 amide bonds. The van der Waals surface area contributed by atoms with E-state index in [1.807, 2.05) is 36.4 Å². The highest BCUT2D eigenvalue weighted by molar-refractivity contribution is 5.49. The molecule has 2 rings (SSSR count). The fraction of sp³-hybridized carbons (Fsp3) is 0.250. The molecular formula is C16H19FN2. The van der Waals surface area contributed by atoms with Gasteiger partial charge >= 0.3 is 0 Å². The largest absolute Gasteiger partial charge is 0.399 e. The number of nitrogens with two attached hydrogens (primary N) is 1. The van der Waals surface area contributed by atoms with Crippen LogP contribution < -0.4 is 10.6 Å². The summed E-state index contributed by atoms with van der Waals surface area (Å²) < 4.78 is 12.9. The molecule has 0 aliphatic heterocycles. The average Bonchev–Trinajstić information content (AvgIpc) is 2.43. The maximum atomic E-state index is 12.9. The van der Waals surface area contributed by atoms with Gasteiger partial charge in [0, 0.05) is 24.5 Å². The summed E-state index contributed by atoms with van der Waals surface area (Å²) in [5.41, 5.74) is 8.97. The molecule has 0 aromatic heterocycles. The fourth-order valence-electron chi connectivity index (χ4n) is 2.14. The Bertz CT molecular complexity index is 523. The number of nitrogen functional groups attached to an aromatic ring is 1. The number of hydrogen-bond donors (Lipinski definition) is 1. The van der Waals surface area contributed by atoms with Gasteiger partial charge in [0.1, 0.15) is 5.82 Å². The van der Waals surface area contributed by atoms with Gasteiger partial charge in [0.15, 0.2) is 0 Å². The second-order valence-electron chi connectivity index (χ2n) is 4.50. The molecule has 2 aromatic rings. The third-order valence-corrected chi connectivity index (χ3v) is 3.28. The van der Waals surface area contributed by atoms with E-state index in [4.69, 9.17) is 5.73 Å². The van der Waals surface area contributed by atoms with Gasteiger partial charge in [0.25, 0.3) is 0 Å². The van der Waals surface area contributed by atoms with Crippen molar-refractivity contribution in [2.24, 2.45) is 0 Å². The number of hydrogen-bond acceptors (Lipinski definition) is 2. The van der Waals surface area contributed by atoms with E-state index in [0.29, 0.717) is 0 Å². The van der Waals surface area contributed by atoms with E-state index in [0.717, 1.165) is 36.4 Å². The molecule has 0 saturated heterocycles.